The molecule has 1 atom stereocenters. The van der Waals surface area contributed by atoms with Gasteiger partial charge in [-0.25, -0.2) is 0 Å². The van der Waals surface area contributed by atoms with Crippen molar-refractivity contribution in [3.8, 4) is 0 Å². The molecule has 0 aromatic heterocycles. The second kappa shape index (κ2) is 3.49. The number of hydrogen-bond acceptors (Lipinski definition) is 1. The van der Waals surface area contributed by atoms with Crippen LogP contribution in [-0.4, -0.2) is 13.0 Å². The lowest BCUT2D eigenvalue weighted by Crippen LogP contribution is -2.27. The Bertz CT molecular complexity index is 99.1. The Labute approximate surface area is 56.6 Å². The molecule has 0 bridgehead atoms. The van der Waals surface area contributed by atoms with Crippen LogP contribution in [0.15, 0.2) is 0 Å². The number of amides is 1. The normalized spacial score (nSPS) is 13.4. The molecule has 1 unspecified atom stereocenters. The lowest BCUT2D eigenvalue weighted by molar-refractivity contribution is -0.123. The van der Waals surface area contributed by atoms with Crippen molar-refractivity contribution in [2.24, 2.45) is 5.92 Å². The van der Waals surface area contributed by atoms with Crippen molar-refractivity contribution in [1.82, 2.24) is 5.32 Å². The SMILES string of the molecule is CNC(=O)C(C)[C](C)C. The van der Waals surface area contributed by atoms with E-state index in [1.54, 1.807) is 7.05 Å². The van der Waals surface area contributed by atoms with E-state index < -0.39 is 0 Å². The third kappa shape index (κ3) is 2.49. The van der Waals surface area contributed by atoms with E-state index in [9.17, 15) is 4.79 Å². The van der Waals surface area contributed by atoms with Crippen LogP contribution in [0.1, 0.15) is 20.8 Å². The second-order valence-electron chi connectivity index (χ2n) is 2.41. The van der Waals surface area contributed by atoms with Gasteiger partial charge in [0.15, 0.2) is 0 Å². The summed E-state index contributed by atoms with van der Waals surface area (Å²) in [6, 6.07) is 0. The number of hydrogen-bond donors (Lipinski definition) is 1. The summed E-state index contributed by atoms with van der Waals surface area (Å²) < 4.78 is 0. The molecule has 0 saturated carbocycles. The standard InChI is InChI=1S/C7H14NO/c1-5(2)6(3)7(9)8-4/h6H,1-4H3,(H,8,9). The van der Waals surface area contributed by atoms with E-state index in [0.29, 0.717) is 0 Å². The quantitative estimate of drug-likeness (QED) is 0.590. The van der Waals surface area contributed by atoms with Gasteiger partial charge in [0.1, 0.15) is 0 Å². The van der Waals surface area contributed by atoms with E-state index in [0.717, 1.165) is 5.92 Å². The fraction of sp³-hybridized carbons (Fsp3) is 0.714. The van der Waals surface area contributed by atoms with Crippen molar-refractivity contribution in [2.75, 3.05) is 7.05 Å². The molecular weight excluding hydrogens is 114 g/mol. The summed E-state index contributed by atoms with van der Waals surface area (Å²) in [7, 11) is 1.65. The summed E-state index contributed by atoms with van der Waals surface area (Å²) in [6.07, 6.45) is 0. The fourth-order valence-corrected chi connectivity index (χ4v) is 0.479. The number of carbonyl (C=O) groups is 1. The van der Waals surface area contributed by atoms with Gasteiger partial charge in [-0.3, -0.25) is 4.79 Å². The Morgan fingerprint density at radius 3 is 2.00 bits per heavy atom. The minimum atomic E-state index is 0.0509. The van der Waals surface area contributed by atoms with E-state index in [2.05, 4.69) is 5.32 Å². The number of rotatable bonds is 2. The number of nitrogens with one attached hydrogen (secondary N) is 1. The summed E-state index contributed by atoms with van der Waals surface area (Å²) in [6.45, 7) is 5.81. The molecule has 0 aliphatic carbocycles. The van der Waals surface area contributed by atoms with Crippen molar-refractivity contribution >= 4 is 5.91 Å². The average molecular weight is 128 g/mol. The first kappa shape index (κ1) is 8.47. The Balaban J connectivity index is 3.72. The van der Waals surface area contributed by atoms with E-state index in [4.69, 9.17) is 0 Å². The van der Waals surface area contributed by atoms with Gasteiger partial charge in [-0.2, -0.15) is 0 Å². The first-order valence-electron chi connectivity index (χ1n) is 3.11. The highest BCUT2D eigenvalue weighted by atomic mass is 16.1. The zero-order valence-electron chi connectivity index (χ0n) is 6.49. The van der Waals surface area contributed by atoms with Crippen LogP contribution < -0.4 is 5.32 Å². The van der Waals surface area contributed by atoms with Crippen molar-refractivity contribution in [3.63, 3.8) is 0 Å². The van der Waals surface area contributed by atoms with Gasteiger partial charge in [0, 0.05) is 13.0 Å². The topological polar surface area (TPSA) is 29.1 Å². The maximum absolute atomic E-state index is 10.8. The molecule has 2 nitrogen and oxygen atoms in total. The molecule has 0 saturated heterocycles. The van der Waals surface area contributed by atoms with Crippen molar-refractivity contribution in [1.29, 1.82) is 0 Å². The second-order valence-corrected chi connectivity index (χ2v) is 2.41. The molecule has 0 aliphatic rings. The highest BCUT2D eigenvalue weighted by Crippen LogP contribution is 2.10. The zero-order valence-corrected chi connectivity index (χ0v) is 6.49. The Morgan fingerprint density at radius 2 is 1.89 bits per heavy atom. The molecule has 1 amide bonds. The lowest BCUT2D eigenvalue weighted by atomic mass is 9.98. The molecule has 1 N–H and O–H groups in total. The van der Waals surface area contributed by atoms with Gasteiger partial charge in [0.05, 0.1) is 0 Å². The van der Waals surface area contributed by atoms with Gasteiger partial charge < -0.3 is 5.32 Å². The molecule has 53 valence electrons. The molecule has 0 aromatic carbocycles. The summed E-state index contributed by atoms with van der Waals surface area (Å²) in [5.41, 5.74) is 0. The van der Waals surface area contributed by atoms with Crippen LogP contribution in [0.5, 0.6) is 0 Å². The molecule has 0 heterocycles. The number of carbonyl (C=O) groups excluding carboxylic acids is 1. The summed E-state index contributed by atoms with van der Waals surface area (Å²) in [4.78, 5) is 10.8. The van der Waals surface area contributed by atoms with Crippen molar-refractivity contribution in [2.45, 2.75) is 20.8 Å². The van der Waals surface area contributed by atoms with Crippen molar-refractivity contribution < 1.29 is 4.79 Å². The highest BCUT2D eigenvalue weighted by Gasteiger charge is 2.14. The maximum Gasteiger partial charge on any atom is 0.223 e. The summed E-state index contributed by atoms with van der Waals surface area (Å²) in [5, 5.41) is 2.59. The monoisotopic (exact) mass is 128 g/mol. The minimum absolute atomic E-state index is 0.0509. The molecule has 0 fully saturated rings. The molecule has 0 aliphatic heterocycles. The highest BCUT2D eigenvalue weighted by molar-refractivity contribution is 5.79. The van der Waals surface area contributed by atoms with Crippen LogP contribution in [0.25, 0.3) is 0 Å². The Morgan fingerprint density at radius 1 is 1.44 bits per heavy atom. The molecule has 0 rings (SSSR count). The lowest BCUT2D eigenvalue weighted by Gasteiger charge is -2.11. The van der Waals surface area contributed by atoms with Gasteiger partial charge >= 0.3 is 0 Å². The van der Waals surface area contributed by atoms with Crippen LogP contribution in [0, 0.1) is 11.8 Å². The van der Waals surface area contributed by atoms with Crippen LogP contribution in [-0.2, 0) is 4.79 Å². The maximum atomic E-state index is 10.8. The van der Waals surface area contributed by atoms with Gasteiger partial charge in [-0.15, -0.1) is 0 Å². The Hall–Kier alpha value is -0.530. The van der Waals surface area contributed by atoms with Gasteiger partial charge in [-0.05, 0) is 5.92 Å². The largest absolute Gasteiger partial charge is 0.359 e. The van der Waals surface area contributed by atoms with Gasteiger partial charge in [0.2, 0.25) is 5.91 Å². The summed E-state index contributed by atoms with van der Waals surface area (Å²) in [5.74, 6) is 1.29. The van der Waals surface area contributed by atoms with Crippen LogP contribution in [0.2, 0.25) is 0 Å². The minimum Gasteiger partial charge on any atom is -0.359 e. The first-order chi connectivity index (χ1) is 4.09. The zero-order chi connectivity index (χ0) is 7.44. The first-order valence-corrected chi connectivity index (χ1v) is 3.11. The predicted octanol–water partition coefficient (Wildman–Crippen LogP) is 0.983. The van der Waals surface area contributed by atoms with Crippen LogP contribution in [0.4, 0.5) is 0 Å². The third-order valence-electron chi connectivity index (χ3n) is 1.51. The van der Waals surface area contributed by atoms with Gasteiger partial charge in [0.25, 0.3) is 0 Å². The fourth-order valence-electron chi connectivity index (χ4n) is 0.479. The summed E-state index contributed by atoms with van der Waals surface area (Å²) >= 11 is 0. The van der Waals surface area contributed by atoms with E-state index in [1.807, 2.05) is 20.8 Å². The molecule has 9 heavy (non-hydrogen) atoms. The van der Waals surface area contributed by atoms with E-state index >= 15 is 0 Å². The van der Waals surface area contributed by atoms with E-state index in [-0.39, 0.29) is 11.8 Å². The molecule has 0 spiro atoms. The Kier molecular flexibility index (Phi) is 3.28. The molecule has 0 aromatic rings. The molecule has 1 radical (unpaired) electrons. The van der Waals surface area contributed by atoms with Gasteiger partial charge in [-0.1, -0.05) is 20.8 Å². The molecular formula is C7H14NO. The van der Waals surface area contributed by atoms with Crippen molar-refractivity contribution in [3.05, 3.63) is 5.92 Å². The third-order valence-corrected chi connectivity index (χ3v) is 1.51. The van der Waals surface area contributed by atoms with Crippen LogP contribution in [0.3, 0.4) is 0 Å². The average Bonchev–Trinajstić information content (AvgIpc) is 1.84. The van der Waals surface area contributed by atoms with E-state index in [1.165, 1.54) is 0 Å². The molecule has 2 heteroatoms. The smallest absolute Gasteiger partial charge is 0.223 e. The predicted molar refractivity (Wildman–Crippen MR) is 37.8 cm³/mol. The van der Waals surface area contributed by atoms with Crippen LogP contribution >= 0.6 is 0 Å².